The fourth-order valence-electron chi connectivity index (χ4n) is 2.56. The SMILES string of the molecule is Nc1nc(N)nc(C[NH2+]C(c2ccccc2)c2ccccc2)n1. The first-order valence-electron chi connectivity index (χ1n) is 7.41. The molecule has 0 amide bonds. The number of rotatable bonds is 5. The van der Waals surface area contributed by atoms with Crippen LogP contribution >= 0.6 is 0 Å². The molecule has 0 aliphatic rings. The van der Waals surface area contributed by atoms with Crippen molar-refractivity contribution >= 4 is 11.9 Å². The Morgan fingerprint density at radius 3 is 1.70 bits per heavy atom. The average Bonchev–Trinajstić information content (AvgIpc) is 2.56. The highest BCUT2D eigenvalue weighted by Crippen LogP contribution is 2.17. The summed E-state index contributed by atoms with van der Waals surface area (Å²) < 4.78 is 0. The van der Waals surface area contributed by atoms with Gasteiger partial charge in [0, 0.05) is 11.1 Å². The Morgan fingerprint density at radius 1 is 0.739 bits per heavy atom. The van der Waals surface area contributed by atoms with Gasteiger partial charge >= 0.3 is 0 Å². The van der Waals surface area contributed by atoms with Crippen molar-refractivity contribution in [1.29, 1.82) is 0 Å². The fourth-order valence-corrected chi connectivity index (χ4v) is 2.56. The maximum absolute atomic E-state index is 5.63. The van der Waals surface area contributed by atoms with E-state index in [1.54, 1.807) is 0 Å². The predicted octanol–water partition coefficient (Wildman–Crippen LogP) is 0.889. The lowest BCUT2D eigenvalue weighted by molar-refractivity contribution is -0.703. The molecule has 1 aromatic heterocycles. The van der Waals surface area contributed by atoms with Crippen molar-refractivity contribution in [3.8, 4) is 0 Å². The van der Waals surface area contributed by atoms with E-state index in [4.69, 9.17) is 11.5 Å². The van der Waals surface area contributed by atoms with E-state index in [0.29, 0.717) is 12.4 Å². The number of nitrogens with zero attached hydrogens (tertiary/aromatic N) is 3. The van der Waals surface area contributed by atoms with Crippen molar-refractivity contribution in [2.75, 3.05) is 11.5 Å². The normalized spacial score (nSPS) is 10.8. The van der Waals surface area contributed by atoms with E-state index in [2.05, 4.69) is 44.5 Å². The van der Waals surface area contributed by atoms with Gasteiger partial charge in [-0.2, -0.15) is 15.0 Å². The topological polar surface area (TPSA) is 107 Å². The summed E-state index contributed by atoms with van der Waals surface area (Å²) in [4.78, 5) is 12.1. The molecule has 0 fully saturated rings. The number of benzene rings is 2. The first-order valence-corrected chi connectivity index (χ1v) is 7.41. The molecule has 1 heterocycles. The van der Waals surface area contributed by atoms with Gasteiger partial charge in [0.2, 0.25) is 11.9 Å². The van der Waals surface area contributed by atoms with E-state index in [0.717, 1.165) is 0 Å². The molecule has 2 aromatic carbocycles. The molecule has 0 saturated carbocycles. The molecule has 0 aliphatic carbocycles. The lowest BCUT2D eigenvalue weighted by atomic mass is 9.99. The lowest BCUT2D eigenvalue weighted by Crippen LogP contribution is -2.84. The van der Waals surface area contributed by atoms with E-state index in [9.17, 15) is 0 Å². The second kappa shape index (κ2) is 6.85. The van der Waals surface area contributed by atoms with E-state index >= 15 is 0 Å². The lowest BCUT2D eigenvalue weighted by Gasteiger charge is -2.16. The summed E-state index contributed by atoms with van der Waals surface area (Å²) in [6.45, 7) is 0.561. The number of quaternary nitrogens is 1. The van der Waals surface area contributed by atoms with Crippen LogP contribution in [0.1, 0.15) is 23.0 Å². The summed E-state index contributed by atoms with van der Waals surface area (Å²) >= 11 is 0. The molecule has 116 valence electrons. The van der Waals surface area contributed by atoms with Crippen molar-refractivity contribution in [2.24, 2.45) is 0 Å². The monoisotopic (exact) mass is 307 g/mol. The maximum Gasteiger partial charge on any atom is 0.225 e. The van der Waals surface area contributed by atoms with Crippen molar-refractivity contribution in [1.82, 2.24) is 15.0 Å². The summed E-state index contributed by atoms with van der Waals surface area (Å²) in [5.74, 6) is 0.876. The Hall–Kier alpha value is -2.99. The van der Waals surface area contributed by atoms with Gasteiger partial charge in [-0.3, -0.25) is 0 Å². The van der Waals surface area contributed by atoms with Gasteiger partial charge in [-0.25, -0.2) is 0 Å². The third-order valence-corrected chi connectivity index (χ3v) is 3.57. The van der Waals surface area contributed by atoms with Crippen molar-refractivity contribution in [3.05, 3.63) is 77.6 Å². The van der Waals surface area contributed by atoms with Crippen molar-refractivity contribution < 1.29 is 5.32 Å². The van der Waals surface area contributed by atoms with Crippen LogP contribution in [0.3, 0.4) is 0 Å². The minimum absolute atomic E-state index is 0.150. The molecule has 0 unspecified atom stereocenters. The van der Waals surface area contributed by atoms with Crippen molar-refractivity contribution in [3.63, 3.8) is 0 Å². The molecule has 0 spiro atoms. The van der Waals surface area contributed by atoms with Gasteiger partial charge < -0.3 is 16.8 Å². The highest BCUT2D eigenvalue weighted by Gasteiger charge is 2.17. The molecule has 6 heteroatoms. The van der Waals surface area contributed by atoms with Crippen LogP contribution in [0.5, 0.6) is 0 Å². The minimum Gasteiger partial charge on any atom is -0.368 e. The summed E-state index contributed by atoms with van der Waals surface area (Å²) in [5, 5.41) is 2.17. The molecule has 6 nitrogen and oxygen atoms in total. The first-order chi connectivity index (χ1) is 11.2. The van der Waals surface area contributed by atoms with Crippen LogP contribution in [-0.2, 0) is 6.54 Å². The van der Waals surface area contributed by atoms with Gasteiger partial charge in [0.05, 0.1) is 0 Å². The number of hydrogen-bond donors (Lipinski definition) is 3. The van der Waals surface area contributed by atoms with Gasteiger partial charge in [-0.05, 0) is 0 Å². The molecule has 0 bridgehead atoms. The van der Waals surface area contributed by atoms with Crippen LogP contribution in [0.2, 0.25) is 0 Å². The highest BCUT2D eigenvalue weighted by molar-refractivity contribution is 5.29. The van der Waals surface area contributed by atoms with E-state index in [1.165, 1.54) is 11.1 Å². The molecular weight excluding hydrogens is 288 g/mol. The molecule has 0 saturated heterocycles. The molecule has 0 radical (unpaired) electrons. The maximum atomic E-state index is 5.63. The van der Waals surface area contributed by atoms with Crippen LogP contribution in [-0.4, -0.2) is 15.0 Å². The Labute approximate surface area is 134 Å². The van der Waals surface area contributed by atoms with Gasteiger partial charge in [0.1, 0.15) is 12.6 Å². The van der Waals surface area contributed by atoms with Crippen LogP contribution < -0.4 is 16.8 Å². The van der Waals surface area contributed by atoms with Crippen LogP contribution in [0.4, 0.5) is 11.9 Å². The predicted molar refractivity (Wildman–Crippen MR) is 89.0 cm³/mol. The molecular formula is C17H19N6+. The van der Waals surface area contributed by atoms with Crippen LogP contribution in [0, 0.1) is 0 Å². The zero-order valence-electron chi connectivity index (χ0n) is 12.6. The van der Waals surface area contributed by atoms with Gasteiger partial charge in [-0.1, -0.05) is 60.7 Å². The molecule has 6 N–H and O–H groups in total. The van der Waals surface area contributed by atoms with E-state index in [1.807, 2.05) is 36.4 Å². The molecule has 23 heavy (non-hydrogen) atoms. The Balaban J connectivity index is 1.85. The zero-order chi connectivity index (χ0) is 16.1. The first kappa shape index (κ1) is 14.9. The summed E-state index contributed by atoms with van der Waals surface area (Å²) in [5.41, 5.74) is 13.7. The third kappa shape index (κ3) is 3.81. The number of anilines is 2. The van der Waals surface area contributed by atoms with Crippen LogP contribution in [0.25, 0.3) is 0 Å². The number of nitrogen functional groups attached to an aromatic ring is 2. The Bertz CT molecular complexity index is 701. The molecule has 0 aliphatic heterocycles. The van der Waals surface area contributed by atoms with E-state index < -0.39 is 0 Å². The highest BCUT2D eigenvalue weighted by atomic mass is 15.2. The molecule has 3 aromatic rings. The zero-order valence-corrected chi connectivity index (χ0v) is 12.6. The smallest absolute Gasteiger partial charge is 0.225 e. The third-order valence-electron chi connectivity index (χ3n) is 3.57. The minimum atomic E-state index is 0.150. The Kier molecular flexibility index (Phi) is 4.44. The summed E-state index contributed by atoms with van der Waals surface area (Å²) in [7, 11) is 0. The van der Waals surface area contributed by atoms with Crippen LogP contribution in [0.15, 0.2) is 60.7 Å². The fraction of sp³-hybridized carbons (Fsp3) is 0.118. The Morgan fingerprint density at radius 2 is 1.22 bits per heavy atom. The largest absolute Gasteiger partial charge is 0.368 e. The second-order valence-corrected chi connectivity index (χ2v) is 5.21. The number of aromatic nitrogens is 3. The quantitative estimate of drug-likeness (QED) is 0.649. The van der Waals surface area contributed by atoms with Gasteiger partial charge in [0.15, 0.2) is 5.82 Å². The number of hydrogen-bond acceptors (Lipinski definition) is 5. The van der Waals surface area contributed by atoms with Crippen molar-refractivity contribution in [2.45, 2.75) is 12.6 Å². The standard InChI is InChI=1S/C17H18N6/c18-16-21-14(22-17(19)23-16)11-20-15(12-7-3-1-4-8-12)13-9-5-2-6-10-13/h1-10,15,20H,11H2,(H4,18,19,21,22,23)/p+1. The van der Waals surface area contributed by atoms with Gasteiger partial charge in [-0.15, -0.1) is 0 Å². The summed E-state index contributed by atoms with van der Waals surface area (Å²) in [6, 6.07) is 20.8. The molecule has 0 atom stereocenters. The number of nitrogens with two attached hydrogens (primary N) is 3. The second-order valence-electron chi connectivity index (χ2n) is 5.21. The summed E-state index contributed by atoms with van der Waals surface area (Å²) in [6.07, 6.45) is 0. The van der Waals surface area contributed by atoms with Gasteiger partial charge in [0.25, 0.3) is 0 Å². The van der Waals surface area contributed by atoms with E-state index in [-0.39, 0.29) is 17.9 Å². The average molecular weight is 307 g/mol. The molecule has 3 rings (SSSR count).